The van der Waals surface area contributed by atoms with Gasteiger partial charge in [-0.05, 0) is 53.8 Å². The lowest BCUT2D eigenvalue weighted by Crippen LogP contribution is -2.27. The van der Waals surface area contributed by atoms with Crippen LogP contribution in [0, 0.1) is 0 Å². The molecule has 3 aromatic rings. The van der Waals surface area contributed by atoms with Crippen molar-refractivity contribution in [1.82, 2.24) is 0 Å². The van der Waals surface area contributed by atoms with E-state index in [1.54, 1.807) is 14.2 Å². The fourth-order valence-electron chi connectivity index (χ4n) is 4.78. The van der Waals surface area contributed by atoms with Gasteiger partial charge in [-0.3, -0.25) is 4.79 Å². The third-order valence-corrected chi connectivity index (χ3v) is 7.13. The first-order valence-corrected chi connectivity index (χ1v) is 11.7. The number of allylic oxidation sites excluding steroid dienone is 1. The molecule has 0 spiro atoms. The number of nitrogens with one attached hydrogen (secondary N) is 2. The number of Topliss-reactive ketones (excluding diaryl/α,β-unsaturated/α-hetero) is 1. The molecule has 0 radical (unpaired) electrons. The first-order chi connectivity index (χ1) is 16.1. The highest BCUT2D eigenvalue weighted by molar-refractivity contribution is 9.10. The Kier molecular flexibility index (Phi) is 5.85. The van der Waals surface area contributed by atoms with Crippen LogP contribution in [0.3, 0.4) is 0 Å². The number of para-hydroxylation sites is 2. The molecular weight excluding hydrogens is 480 g/mol. The lowest BCUT2D eigenvalue weighted by Gasteiger charge is -2.30. The second-order valence-corrected chi connectivity index (χ2v) is 9.16. The summed E-state index contributed by atoms with van der Waals surface area (Å²) in [6, 6.07) is 21.8. The number of carbonyl (C=O) groups is 1. The van der Waals surface area contributed by atoms with Gasteiger partial charge in [0.25, 0.3) is 0 Å². The zero-order chi connectivity index (χ0) is 22.9. The summed E-state index contributed by atoms with van der Waals surface area (Å²) in [4.78, 5) is 13.7. The standard InChI is InChI=1S/C27H25BrN2O3/c1-32-24-12-11-16(15-25(24)33-2)17-13-22-26(23(31)14-17)27(18-7-3-4-8-19(18)28)30-21-10-6-5-9-20(21)29-22/h3-12,15,17,27,29-30H,13-14H2,1-2H3. The van der Waals surface area contributed by atoms with Gasteiger partial charge in [-0.1, -0.05) is 52.3 Å². The number of carbonyl (C=O) groups excluding carboxylic acids is 1. The minimum atomic E-state index is -0.245. The molecule has 33 heavy (non-hydrogen) atoms. The predicted molar refractivity (Wildman–Crippen MR) is 134 cm³/mol. The molecule has 2 N–H and O–H groups in total. The third kappa shape index (κ3) is 4.00. The van der Waals surface area contributed by atoms with Crippen molar-refractivity contribution in [3.63, 3.8) is 0 Å². The lowest BCUT2D eigenvalue weighted by atomic mass is 9.78. The van der Waals surface area contributed by atoms with Gasteiger partial charge in [0.05, 0.1) is 31.6 Å². The van der Waals surface area contributed by atoms with Crippen molar-refractivity contribution in [2.75, 3.05) is 24.9 Å². The van der Waals surface area contributed by atoms with Crippen molar-refractivity contribution in [3.05, 3.63) is 93.6 Å². The van der Waals surface area contributed by atoms with E-state index in [0.29, 0.717) is 17.9 Å². The van der Waals surface area contributed by atoms with E-state index in [9.17, 15) is 4.79 Å². The van der Waals surface area contributed by atoms with Crippen LogP contribution in [-0.4, -0.2) is 20.0 Å². The Balaban J connectivity index is 1.59. The van der Waals surface area contributed by atoms with Crippen molar-refractivity contribution in [1.29, 1.82) is 0 Å². The zero-order valence-corrected chi connectivity index (χ0v) is 20.1. The lowest BCUT2D eigenvalue weighted by molar-refractivity contribution is -0.116. The largest absolute Gasteiger partial charge is 0.493 e. The maximum Gasteiger partial charge on any atom is 0.163 e. The quantitative estimate of drug-likeness (QED) is 0.427. The van der Waals surface area contributed by atoms with Crippen molar-refractivity contribution < 1.29 is 14.3 Å². The van der Waals surface area contributed by atoms with Crippen molar-refractivity contribution in [2.45, 2.75) is 24.8 Å². The van der Waals surface area contributed by atoms with E-state index in [0.717, 1.165) is 44.7 Å². The van der Waals surface area contributed by atoms with Crippen LogP contribution in [0.25, 0.3) is 0 Å². The summed E-state index contributed by atoms with van der Waals surface area (Å²) >= 11 is 3.69. The van der Waals surface area contributed by atoms with E-state index < -0.39 is 0 Å². The number of ketones is 1. The molecule has 5 rings (SSSR count). The summed E-state index contributed by atoms with van der Waals surface area (Å²) in [5.41, 5.74) is 5.82. The van der Waals surface area contributed by atoms with Gasteiger partial charge in [0.2, 0.25) is 0 Å². The van der Waals surface area contributed by atoms with Gasteiger partial charge >= 0.3 is 0 Å². The summed E-state index contributed by atoms with van der Waals surface area (Å²) in [5.74, 6) is 1.55. The summed E-state index contributed by atoms with van der Waals surface area (Å²) in [5, 5.41) is 7.21. The fraction of sp³-hybridized carbons (Fsp3) is 0.222. The van der Waals surface area contributed by atoms with E-state index in [2.05, 4.69) is 32.6 Å². The van der Waals surface area contributed by atoms with Gasteiger partial charge in [-0.2, -0.15) is 0 Å². The number of ether oxygens (including phenoxy) is 2. The number of hydrogen-bond acceptors (Lipinski definition) is 5. The number of rotatable bonds is 4. The maximum atomic E-state index is 13.7. The second kappa shape index (κ2) is 8.94. The Morgan fingerprint density at radius 1 is 0.879 bits per heavy atom. The van der Waals surface area contributed by atoms with Crippen LogP contribution in [0.1, 0.15) is 35.9 Å². The number of anilines is 2. The van der Waals surface area contributed by atoms with Crippen LogP contribution in [-0.2, 0) is 4.79 Å². The molecule has 168 valence electrons. The zero-order valence-electron chi connectivity index (χ0n) is 18.5. The fourth-order valence-corrected chi connectivity index (χ4v) is 5.29. The normalized spacial score (nSPS) is 19.5. The van der Waals surface area contributed by atoms with E-state index in [1.807, 2.05) is 60.7 Å². The maximum absolute atomic E-state index is 13.7. The van der Waals surface area contributed by atoms with E-state index in [4.69, 9.17) is 9.47 Å². The monoisotopic (exact) mass is 504 g/mol. The molecule has 0 aromatic heterocycles. The molecule has 0 saturated carbocycles. The van der Waals surface area contributed by atoms with E-state index in [1.165, 1.54) is 0 Å². The molecule has 0 fully saturated rings. The molecule has 2 atom stereocenters. The number of methoxy groups -OCH3 is 2. The average Bonchev–Trinajstić information content (AvgIpc) is 3.00. The first-order valence-electron chi connectivity index (χ1n) is 10.9. The summed E-state index contributed by atoms with van der Waals surface area (Å²) in [6.07, 6.45) is 1.17. The highest BCUT2D eigenvalue weighted by Gasteiger charge is 2.36. The molecule has 2 unspecified atom stereocenters. The minimum absolute atomic E-state index is 0.0497. The Labute approximate surface area is 201 Å². The van der Waals surface area contributed by atoms with Crippen LogP contribution in [0.2, 0.25) is 0 Å². The van der Waals surface area contributed by atoms with Gasteiger partial charge in [0.15, 0.2) is 17.3 Å². The smallest absolute Gasteiger partial charge is 0.163 e. The Morgan fingerprint density at radius 2 is 1.61 bits per heavy atom. The Hall–Kier alpha value is -3.25. The molecule has 1 heterocycles. The molecule has 3 aromatic carbocycles. The Morgan fingerprint density at radius 3 is 2.36 bits per heavy atom. The van der Waals surface area contributed by atoms with Gasteiger partial charge in [0.1, 0.15) is 0 Å². The molecule has 0 saturated heterocycles. The van der Waals surface area contributed by atoms with Crippen LogP contribution in [0.15, 0.2) is 82.5 Å². The molecule has 5 nitrogen and oxygen atoms in total. The highest BCUT2D eigenvalue weighted by Crippen LogP contribution is 2.46. The van der Waals surface area contributed by atoms with E-state index >= 15 is 0 Å². The van der Waals surface area contributed by atoms with Gasteiger partial charge in [-0.25, -0.2) is 0 Å². The molecule has 1 aliphatic heterocycles. The summed E-state index contributed by atoms with van der Waals surface area (Å²) < 4.78 is 11.9. The highest BCUT2D eigenvalue weighted by atomic mass is 79.9. The molecule has 1 aliphatic carbocycles. The van der Waals surface area contributed by atoms with Crippen LogP contribution in [0.4, 0.5) is 11.4 Å². The summed E-state index contributed by atoms with van der Waals surface area (Å²) in [6.45, 7) is 0. The number of benzene rings is 3. The molecule has 0 amide bonds. The second-order valence-electron chi connectivity index (χ2n) is 8.30. The van der Waals surface area contributed by atoms with Gasteiger partial charge < -0.3 is 20.1 Å². The van der Waals surface area contributed by atoms with Crippen molar-refractivity contribution in [3.8, 4) is 11.5 Å². The predicted octanol–water partition coefficient (Wildman–Crippen LogP) is 6.45. The van der Waals surface area contributed by atoms with Crippen LogP contribution >= 0.6 is 15.9 Å². The topological polar surface area (TPSA) is 59.6 Å². The van der Waals surface area contributed by atoms with Crippen molar-refractivity contribution in [2.24, 2.45) is 0 Å². The Bertz CT molecular complexity index is 1250. The summed E-state index contributed by atoms with van der Waals surface area (Å²) in [7, 11) is 3.26. The van der Waals surface area contributed by atoms with Gasteiger partial charge in [-0.15, -0.1) is 0 Å². The number of hydrogen-bond donors (Lipinski definition) is 2. The van der Waals surface area contributed by atoms with Crippen LogP contribution < -0.4 is 20.1 Å². The first kappa shape index (κ1) is 21.6. The van der Waals surface area contributed by atoms with Crippen molar-refractivity contribution >= 4 is 33.1 Å². The van der Waals surface area contributed by atoms with E-state index in [-0.39, 0.29) is 17.7 Å². The number of fused-ring (bicyclic) bond motifs is 1. The molecule has 0 bridgehead atoms. The molecule has 6 heteroatoms. The van der Waals surface area contributed by atoms with Gasteiger partial charge in [0, 0.05) is 22.2 Å². The average molecular weight is 505 g/mol. The molecular formula is C27H25BrN2O3. The SMILES string of the molecule is COc1ccc(C2CC(=O)C3=C(C2)Nc2ccccc2NC3c2ccccc2Br)cc1OC. The molecule has 2 aliphatic rings. The minimum Gasteiger partial charge on any atom is -0.493 e. The number of halogens is 1. The third-order valence-electron chi connectivity index (χ3n) is 6.40. The van der Waals surface area contributed by atoms with Crippen LogP contribution in [0.5, 0.6) is 11.5 Å².